The second-order valence-corrected chi connectivity index (χ2v) is 8.35. The van der Waals surface area contributed by atoms with E-state index in [2.05, 4.69) is 20.5 Å². The molecular formula is C24H25ClFN5O4. The molecule has 35 heavy (non-hydrogen) atoms. The van der Waals surface area contributed by atoms with Crippen LogP contribution in [0.15, 0.2) is 47.0 Å². The zero-order valence-electron chi connectivity index (χ0n) is 19.3. The van der Waals surface area contributed by atoms with Crippen molar-refractivity contribution in [2.24, 2.45) is 0 Å². The topological polar surface area (TPSA) is 99.9 Å². The van der Waals surface area contributed by atoms with E-state index in [0.717, 1.165) is 17.3 Å². The van der Waals surface area contributed by atoms with Crippen molar-refractivity contribution in [2.75, 3.05) is 50.1 Å². The van der Waals surface area contributed by atoms with Gasteiger partial charge in [-0.2, -0.15) is 0 Å². The first-order valence-corrected chi connectivity index (χ1v) is 11.4. The van der Waals surface area contributed by atoms with Gasteiger partial charge in [-0.1, -0.05) is 11.6 Å². The van der Waals surface area contributed by atoms with Crippen LogP contribution in [0.4, 0.5) is 20.6 Å². The summed E-state index contributed by atoms with van der Waals surface area (Å²) in [7, 11) is 1.61. The first-order valence-electron chi connectivity index (χ1n) is 11.0. The maximum atomic E-state index is 13.2. The van der Waals surface area contributed by atoms with E-state index in [1.165, 1.54) is 12.1 Å². The van der Waals surface area contributed by atoms with E-state index < -0.39 is 11.7 Å². The maximum Gasteiger partial charge on any atom is 0.317 e. The van der Waals surface area contributed by atoms with E-state index in [0.29, 0.717) is 49.3 Å². The van der Waals surface area contributed by atoms with E-state index in [1.54, 1.807) is 25.1 Å². The number of urea groups is 1. The molecule has 184 valence electrons. The quantitative estimate of drug-likeness (QED) is 0.531. The monoisotopic (exact) mass is 501 g/mol. The zero-order chi connectivity index (χ0) is 24.9. The van der Waals surface area contributed by atoms with Gasteiger partial charge in [-0.05, 0) is 30.3 Å². The summed E-state index contributed by atoms with van der Waals surface area (Å²) in [4.78, 5) is 32.6. The molecule has 0 radical (unpaired) electrons. The summed E-state index contributed by atoms with van der Waals surface area (Å²) in [5, 5.41) is 5.09. The Balaban J connectivity index is 1.28. The van der Waals surface area contributed by atoms with Gasteiger partial charge in [0.15, 0.2) is 11.7 Å². The van der Waals surface area contributed by atoms with Crippen molar-refractivity contribution >= 4 is 34.9 Å². The van der Waals surface area contributed by atoms with Crippen LogP contribution in [0.25, 0.3) is 11.3 Å². The molecule has 3 aromatic rings. The average Bonchev–Trinajstić information content (AvgIpc) is 3.30. The number of piperazine rings is 1. The molecule has 9 nitrogen and oxygen atoms in total. The lowest BCUT2D eigenvalue weighted by Crippen LogP contribution is -2.52. The van der Waals surface area contributed by atoms with Gasteiger partial charge in [0.25, 0.3) is 0 Å². The van der Waals surface area contributed by atoms with Crippen LogP contribution >= 0.6 is 11.6 Å². The molecule has 1 fully saturated rings. The van der Waals surface area contributed by atoms with Crippen molar-refractivity contribution in [1.29, 1.82) is 0 Å². The normalized spacial score (nSPS) is 13.5. The Morgan fingerprint density at radius 2 is 1.94 bits per heavy atom. The highest BCUT2D eigenvalue weighted by molar-refractivity contribution is 6.31. The fourth-order valence-corrected chi connectivity index (χ4v) is 3.96. The maximum absolute atomic E-state index is 13.2. The number of ether oxygens (including phenoxy) is 1. The summed E-state index contributed by atoms with van der Waals surface area (Å²) >= 11 is 5.72. The number of rotatable bonds is 6. The highest BCUT2D eigenvalue weighted by Crippen LogP contribution is 2.34. The third-order valence-corrected chi connectivity index (χ3v) is 5.90. The first-order chi connectivity index (χ1) is 16.8. The number of methoxy groups -OCH3 is 1. The summed E-state index contributed by atoms with van der Waals surface area (Å²) in [6.07, 6.45) is 1.67. The highest BCUT2D eigenvalue weighted by Gasteiger charge is 2.23. The number of carbonyl (C=O) groups is 2. The third kappa shape index (κ3) is 5.83. The van der Waals surface area contributed by atoms with Crippen molar-refractivity contribution in [1.82, 2.24) is 15.2 Å². The first kappa shape index (κ1) is 24.3. The minimum atomic E-state index is -0.573. The van der Waals surface area contributed by atoms with Crippen LogP contribution in [-0.4, -0.2) is 61.7 Å². The van der Waals surface area contributed by atoms with Crippen molar-refractivity contribution in [3.8, 4) is 17.1 Å². The molecule has 2 N–H and O–H groups in total. The summed E-state index contributed by atoms with van der Waals surface area (Å²) in [6, 6.07) is 9.39. The molecule has 0 spiro atoms. The Morgan fingerprint density at radius 1 is 1.17 bits per heavy atom. The third-order valence-electron chi connectivity index (χ3n) is 5.61. The fourth-order valence-electron chi connectivity index (χ4n) is 3.78. The second-order valence-electron chi connectivity index (χ2n) is 7.94. The molecule has 0 aliphatic carbocycles. The van der Waals surface area contributed by atoms with Crippen LogP contribution in [0.2, 0.25) is 5.02 Å². The van der Waals surface area contributed by atoms with Gasteiger partial charge in [-0.25, -0.2) is 14.2 Å². The predicted molar refractivity (Wildman–Crippen MR) is 130 cm³/mol. The van der Waals surface area contributed by atoms with Gasteiger partial charge in [-0.15, -0.1) is 0 Å². The van der Waals surface area contributed by atoms with Gasteiger partial charge < -0.3 is 29.6 Å². The highest BCUT2D eigenvalue weighted by atomic mass is 35.5. The van der Waals surface area contributed by atoms with Crippen LogP contribution in [0.1, 0.15) is 5.89 Å². The van der Waals surface area contributed by atoms with E-state index in [1.807, 2.05) is 18.2 Å². The molecule has 1 aliphatic rings. The van der Waals surface area contributed by atoms with E-state index in [-0.39, 0.29) is 17.6 Å². The molecule has 11 heteroatoms. The molecule has 4 rings (SSSR count). The van der Waals surface area contributed by atoms with Crippen LogP contribution in [0.3, 0.4) is 0 Å². The van der Waals surface area contributed by atoms with Crippen molar-refractivity contribution in [3.05, 3.63) is 59.3 Å². The SMILES string of the molecule is COc1cc(N2CCN(C(=O)NCC(=O)Nc3ccc(F)c(Cl)c3)CC2)ccc1-c1cnc(C)o1. The van der Waals surface area contributed by atoms with Gasteiger partial charge >= 0.3 is 6.03 Å². The number of halogens is 2. The van der Waals surface area contributed by atoms with Crippen LogP contribution in [-0.2, 0) is 4.79 Å². The number of hydrogen-bond acceptors (Lipinski definition) is 6. The molecular weight excluding hydrogens is 477 g/mol. The number of nitrogens with zero attached hydrogens (tertiary/aromatic N) is 3. The Hall–Kier alpha value is -3.79. The summed E-state index contributed by atoms with van der Waals surface area (Å²) in [5.74, 6) is 0.884. The molecule has 1 aliphatic heterocycles. The average molecular weight is 502 g/mol. The summed E-state index contributed by atoms with van der Waals surface area (Å²) in [6.45, 7) is 3.80. The smallest absolute Gasteiger partial charge is 0.317 e. The molecule has 2 heterocycles. The lowest BCUT2D eigenvalue weighted by molar-refractivity contribution is -0.115. The van der Waals surface area contributed by atoms with Crippen LogP contribution < -0.4 is 20.3 Å². The van der Waals surface area contributed by atoms with Gasteiger partial charge in [0.1, 0.15) is 11.6 Å². The molecule has 2 aromatic carbocycles. The summed E-state index contributed by atoms with van der Waals surface area (Å²) < 4.78 is 24.4. The van der Waals surface area contributed by atoms with Crippen molar-refractivity contribution < 1.29 is 23.1 Å². The molecule has 3 amide bonds. The van der Waals surface area contributed by atoms with Crippen LogP contribution in [0.5, 0.6) is 5.75 Å². The molecule has 1 aromatic heterocycles. The zero-order valence-corrected chi connectivity index (χ0v) is 20.1. The number of anilines is 2. The number of hydrogen-bond donors (Lipinski definition) is 2. The Labute approximate surface area is 206 Å². The fraction of sp³-hybridized carbons (Fsp3) is 0.292. The number of aryl methyl sites for hydroxylation is 1. The Bertz CT molecular complexity index is 1230. The minimum Gasteiger partial charge on any atom is -0.496 e. The van der Waals surface area contributed by atoms with Gasteiger partial charge in [0.2, 0.25) is 5.91 Å². The van der Waals surface area contributed by atoms with Crippen LogP contribution in [0, 0.1) is 12.7 Å². The molecule has 0 atom stereocenters. The van der Waals surface area contributed by atoms with Gasteiger partial charge in [-0.3, -0.25) is 4.79 Å². The van der Waals surface area contributed by atoms with E-state index >= 15 is 0 Å². The standard InChI is InChI=1S/C24H25ClFN5O4/c1-15-27-13-22(35-15)18-5-4-17(12-21(18)34-2)30-7-9-31(10-8-30)24(33)28-14-23(32)29-16-3-6-20(26)19(25)11-16/h3-6,11-13H,7-10,14H2,1-2H3,(H,28,33)(H,29,32). The molecule has 0 unspecified atom stereocenters. The number of amides is 3. The second kappa shape index (κ2) is 10.6. The molecule has 0 saturated carbocycles. The molecule has 1 saturated heterocycles. The number of aromatic nitrogens is 1. The van der Waals surface area contributed by atoms with Gasteiger partial charge in [0, 0.05) is 50.5 Å². The van der Waals surface area contributed by atoms with Crippen molar-refractivity contribution in [3.63, 3.8) is 0 Å². The lowest BCUT2D eigenvalue weighted by Gasteiger charge is -2.36. The summed E-state index contributed by atoms with van der Waals surface area (Å²) in [5.41, 5.74) is 2.14. The lowest BCUT2D eigenvalue weighted by atomic mass is 10.1. The van der Waals surface area contributed by atoms with Crippen molar-refractivity contribution in [2.45, 2.75) is 6.92 Å². The number of oxazole rings is 1. The van der Waals surface area contributed by atoms with E-state index in [4.69, 9.17) is 20.8 Å². The number of benzene rings is 2. The minimum absolute atomic E-state index is 0.0926. The van der Waals surface area contributed by atoms with E-state index in [9.17, 15) is 14.0 Å². The Kier molecular flexibility index (Phi) is 7.40. The molecule has 0 bridgehead atoms. The Morgan fingerprint density at radius 3 is 2.60 bits per heavy atom. The number of nitrogens with one attached hydrogen (secondary N) is 2. The predicted octanol–water partition coefficient (Wildman–Crippen LogP) is 3.92. The largest absolute Gasteiger partial charge is 0.496 e. The number of carbonyl (C=O) groups excluding carboxylic acids is 2. The van der Waals surface area contributed by atoms with Gasteiger partial charge in [0.05, 0.1) is 30.4 Å².